The number of amides is 1. The van der Waals surface area contributed by atoms with Crippen LogP contribution in [-0.4, -0.2) is 35.8 Å². The lowest BCUT2D eigenvalue weighted by atomic mass is 9.85. The number of carbonyl (C=O) groups is 2. The molecule has 0 saturated heterocycles. The van der Waals surface area contributed by atoms with Crippen molar-refractivity contribution in [2.75, 3.05) is 6.61 Å². The third-order valence-electron chi connectivity index (χ3n) is 4.66. The second-order valence-electron chi connectivity index (χ2n) is 8.76. The Morgan fingerprint density at radius 3 is 2.35 bits per heavy atom. The predicted octanol–water partition coefficient (Wildman–Crippen LogP) is 5.30. The molecule has 0 saturated carbocycles. The Bertz CT molecular complexity index is 962. The summed E-state index contributed by atoms with van der Waals surface area (Å²) in [6.07, 6.45) is -3.46. The van der Waals surface area contributed by atoms with E-state index in [1.807, 2.05) is 30.3 Å². The molecule has 34 heavy (non-hydrogen) atoms. The molecule has 2 N–H and O–H groups in total. The lowest BCUT2D eigenvalue weighted by Gasteiger charge is -2.34. The molecule has 186 valence electrons. The first-order valence-electron chi connectivity index (χ1n) is 10.9. The van der Waals surface area contributed by atoms with E-state index in [2.05, 4.69) is 5.32 Å². The number of rotatable bonds is 10. The van der Waals surface area contributed by atoms with Gasteiger partial charge in [0.15, 0.2) is 12.1 Å². The lowest BCUT2D eigenvalue weighted by molar-refractivity contribution is -0.156. The smallest absolute Gasteiger partial charge is 0.408 e. The number of carbonyl (C=O) groups excluding carboxylic acids is 2. The number of nitrogens with one attached hydrogen (secondary N) is 1. The van der Waals surface area contributed by atoms with Gasteiger partial charge >= 0.3 is 12.1 Å². The first-order valence-corrected chi connectivity index (χ1v) is 10.9. The maximum atomic E-state index is 13.1. The lowest BCUT2D eigenvalue weighted by Crippen LogP contribution is -2.54. The normalized spacial score (nSPS) is 13.1. The summed E-state index contributed by atoms with van der Waals surface area (Å²) >= 11 is 0. The molecule has 2 rings (SSSR count). The number of esters is 1. The number of alkyl carbamates (subject to hydrolysis) is 1. The van der Waals surface area contributed by atoms with Crippen molar-refractivity contribution in [3.63, 3.8) is 0 Å². The Balaban J connectivity index is 2.47. The monoisotopic (exact) mass is 479 g/mol. The molecule has 0 spiro atoms. The zero-order valence-corrected chi connectivity index (χ0v) is 19.8. The average Bonchev–Trinajstić information content (AvgIpc) is 2.74. The largest absolute Gasteiger partial charge is 0.508 e. The van der Waals surface area contributed by atoms with E-state index in [0.717, 1.165) is 5.56 Å². The SMILES string of the molecule is CCCC(NC(=O)OC(C)(C)C)(C(=O)OCC(F)F)c1cc(O)cc(OCc2ccccc2)c1. The molecule has 1 atom stereocenters. The molecule has 0 radical (unpaired) electrons. The van der Waals surface area contributed by atoms with Gasteiger partial charge in [0.25, 0.3) is 6.43 Å². The fraction of sp³-hybridized carbons (Fsp3) is 0.440. The summed E-state index contributed by atoms with van der Waals surface area (Å²) in [5.41, 5.74) is -1.79. The van der Waals surface area contributed by atoms with E-state index in [-0.39, 0.29) is 30.1 Å². The zero-order valence-electron chi connectivity index (χ0n) is 19.8. The molecule has 0 aliphatic carbocycles. The number of halogens is 2. The number of benzene rings is 2. The van der Waals surface area contributed by atoms with E-state index in [1.165, 1.54) is 18.2 Å². The van der Waals surface area contributed by atoms with Gasteiger partial charge in [0.05, 0.1) is 0 Å². The van der Waals surface area contributed by atoms with Gasteiger partial charge in [-0.05, 0) is 50.5 Å². The molecule has 2 aromatic carbocycles. The molecule has 0 aromatic heterocycles. The predicted molar refractivity (Wildman–Crippen MR) is 122 cm³/mol. The van der Waals surface area contributed by atoms with Crippen LogP contribution in [0.5, 0.6) is 11.5 Å². The van der Waals surface area contributed by atoms with Gasteiger partial charge in [0, 0.05) is 6.07 Å². The first-order chi connectivity index (χ1) is 15.9. The van der Waals surface area contributed by atoms with Crippen LogP contribution in [0.25, 0.3) is 0 Å². The van der Waals surface area contributed by atoms with Gasteiger partial charge in [-0.3, -0.25) is 0 Å². The van der Waals surface area contributed by atoms with Gasteiger partial charge in [0.2, 0.25) is 0 Å². The van der Waals surface area contributed by atoms with E-state index in [1.54, 1.807) is 27.7 Å². The van der Waals surface area contributed by atoms with Crippen LogP contribution < -0.4 is 10.1 Å². The molecule has 0 bridgehead atoms. The van der Waals surface area contributed by atoms with Crippen LogP contribution in [0.3, 0.4) is 0 Å². The van der Waals surface area contributed by atoms with Gasteiger partial charge < -0.3 is 24.6 Å². The molecule has 0 aliphatic rings. The summed E-state index contributed by atoms with van der Waals surface area (Å²) in [6, 6.07) is 13.3. The number of phenols is 1. The molecular formula is C25H31F2NO6. The highest BCUT2D eigenvalue weighted by Gasteiger charge is 2.44. The summed E-state index contributed by atoms with van der Waals surface area (Å²) in [6.45, 7) is 5.73. The molecule has 2 aromatic rings. The van der Waals surface area contributed by atoms with E-state index in [9.17, 15) is 23.5 Å². The average molecular weight is 480 g/mol. The Hall–Kier alpha value is -3.36. The third kappa shape index (κ3) is 7.90. The second kappa shape index (κ2) is 11.7. The van der Waals surface area contributed by atoms with Crippen LogP contribution in [0.1, 0.15) is 51.7 Å². The molecule has 1 unspecified atom stereocenters. The highest BCUT2D eigenvalue weighted by molar-refractivity contribution is 5.87. The van der Waals surface area contributed by atoms with Crippen LogP contribution in [-0.2, 0) is 26.4 Å². The summed E-state index contributed by atoms with van der Waals surface area (Å²) in [5.74, 6) is -1.12. The quantitative estimate of drug-likeness (QED) is 0.449. The number of phenolic OH excluding ortho intramolecular Hbond substituents is 1. The van der Waals surface area contributed by atoms with Gasteiger partial charge in [-0.1, -0.05) is 43.7 Å². The summed E-state index contributed by atoms with van der Waals surface area (Å²) in [7, 11) is 0. The number of hydrogen-bond acceptors (Lipinski definition) is 6. The van der Waals surface area contributed by atoms with Gasteiger partial charge in [-0.2, -0.15) is 0 Å². The Morgan fingerprint density at radius 1 is 1.09 bits per heavy atom. The molecule has 9 heteroatoms. The van der Waals surface area contributed by atoms with Gasteiger partial charge in [-0.25, -0.2) is 18.4 Å². The summed E-state index contributed by atoms with van der Waals surface area (Å²) < 4.78 is 41.5. The maximum absolute atomic E-state index is 13.1. The van der Waals surface area contributed by atoms with Crippen molar-refractivity contribution in [3.05, 3.63) is 59.7 Å². The standard InChI is InChI=1S/C25H31F2NO6/c1-5-11-25(22(30)33-16-21(26)27,28-23(31)34-24(2,3)4)18-12-19(29)14-20(13-18)32-15-17-9-7-6-8-10-17/h6-10,12-14,21,29H,5,11,15-16H2,1-4H3,(H,28,31). The molecule has 0 heterocycles. The van der Waals surface area contributed by atoms with E-state index in [0.29, 0.717) is 6.42 Å². The fourth-order valence-electron chi connectivity index (χ4n) is 3.32. The van der Waals surface area contributed by atoms with Crippen molar-refractivity contribution in [1.29, 1.82) is 0 Å². The number of hydrogen-bond donors (Lipinski definition) is 2. The molecule has 0 fully saturated rings. The molecular weight excluding hydrogens is 448 g/mol. The number of alkyl halides is 2. The Labute approximate surface area is 198 Å². The Morgan fingerprint density at radius 2 is 1.76 bits per heavy atom. The summed E-state index contributed by atoms with van der Waals surface area (Å²) in [5, 5.41) is 12.9. The van der Waals surface area contributed by atoms with Crippen molar-refractivity contribution in [2.45, 2.75) is 64.7 Å². The summed E-state index contributed by atoms with van der Waals surface area (Å²) in [4.78, 5) is 25.8. The second-order valence-corrected chi connectivity index (χ2v) is 8.76. The van der Waals surface area contributed by atoms with Crippen molar-refractivity contribution in [3.8, 4) is 11.5 Å². The molecule has 1 amide bonds. The molecule has 0 aliphatic heterocycles. The minimum absolute atomic E-state index is 0.00407. The van der Waals surface area contributed by atoms with Crippen molar-refractivity contribution in [1.82, 2.24) is 5.32 Å². The van der Waals surface area contributed by atoms with E-state index < -0.39 is 36.2 Å². The van der Waals surface area contributed by atoms with Crippen LogP contribution in [0.2, 0.25) is 0 Å². The minimum atomic E-state index is -2.89. The first kappa shape index (κ1) is 26.9. The van der Waals surface area contributed by atoms with Crippen molar-refractivity contribution in [2.24, 2.45) is 0 Å². The Kier molecular flexibility index (Phi) is 9.23. The fourth-order valence-corrected chi connectivity index (χ4v) is 3.32. The van der Waals surface area contributed by atoms with E-state index >= 15 is 0 Å². The highest BCUT2D eigenvalue weighted by atomic mass is 19.3. The van der Waals surface area contributed by atoms with Crippen molar-refractivity contribution >= 4 is 12.1 Å². The number of ether oxygens (including phenoxy) is 3. The van der Waals surface area contributed by atoms with Crippen LogP contribution >= 0.6 is 0 Å². The van der Waals surface area contributed by atoms with Crippen LogP contribution in [0.15, 0.2) is 48.5 Å². The van der Waals surface area contributed by atoms with E-state index in [4.69, 9.17) is 14.2 Å². The van der Waals surface area contributed by atoms with Gasteiger partial charge in [-0.15, -0.1) is 0 Å². The maximum Gasteiger partial charge on any atom is 0.408 e. The zero-order chi connectivity index (χ0) is 25.4. The van der Waals surface area contributed by atoms with Crippen LogP contribution in [0.4, 0.5) is 13.6 Å². The minimum Gasteiger partial charge on any atom is -0.508 e. The molecule has 7 nitrogen and oxygen atoms in total. The van der Waals surface area contributed by atoms with Crippen molar-refractivity contribution < 1.29 is 37.7 Å². The topological polar surface area (TPSA) is 94.1 Å². The van der Waals surface area contributed by atoms with Crippen LogP contribution in [0, 0.1) is 0 Å². The third-order valence-corrected chi connectivity index (χ3v) is 4.66. The highest BCUT2D eigenvalue weighted by Crippen LogP contribution is 2.35. The van der Waals surface area contributed by atoms with Gasteiger partial charge in [0.1, 0.15) is 23.7 Å². The number of aromatic hydroxyl groups is 1.